The van der Waals surface area contributed by atoms with E-state index >= 15 is 0 Å². The van der Waals surface area contributed by atoms with Crippen molar-refractivity contribution >= 4 is 57.2 Å². The van der Waals surface area contributed by atoms with Gasteiger partial charge in [0.2, 0.25) is 0 Å². The Morgan fingerprint density at radius 2 is 1.76 bits per heavy atom. The van der Waals surface area contributed by atoms with Crippen LogP contribution in [0.1, 0.15) is 21.5 Å². The molecular formula is C24H19BrClN3O5. The SMILES string of the molecule is COc1cc(/C=N/NC(=O)C(=O)Nc2cccc(Cl)c2C)ccc1OC(=O)c1ccccc1Br. The first-order chi connectivity index (χ1) is 16.3. The Bertz CT molecular complexity index is 1280. The first-order valence-electron chi connectivity index (χ1n) is 9.84. The number of nitrogens with one attached hydrogen (secondary N) is 2. The van der Waals surface area contributed by atoms with Crippen molar-refractivity contribution in [3.05, 3.63) is 86.8 Å². The molecule has 0 saturated heterocycles. The van der Waals surface area contributed by atoms with Crippen molar-refractivity contribution in [3.63, 3.8) is 0 Å². The summed E-state index contributed by atoms with van der Waals surface area (Å²) in [5.74, 6) is -1.91. The molecule has 8 nitrogen and oxygen atoms in total. The van der Waals surface area contributed by atoms with Crippen LogP contribution in [0.15, 0.2) is 70.2 Å². The summed E-state index contributed by atoms with van der Waals surface area (Å²) < 4.78 is 11.3. The number of benzene rings is 3. The number of halogens is 2. The van der Waals surface area contributed by atoms with E-state index in [0.29, 0.717) is 31.9 Å². The zero-order valence-electron chi connectivity index (χ0n) is 18.1. The van der Waals surface area contributed by atoms with Gasteiger partial charge in [0, 0.05) is 15.2 Å². The fourth-order valence-corrected chi connectivity index (χ4v) is 3.39. The van der Waals surface area contributed by atoms with Gasteiger partial charge in [0.1, 0.15) is 0 Å². The highest BCUT2D eigenvalue weighted by atomic mass is 79.9. The van der Waals surface area contributed by atoms with Crippen LogP contribution >= 0.6 is 27.5 Å². The molecule has 0 atom stereocenters. The van der Waals surface area contributed by atoms with Gasteiger partial charge in [0.15, 0.2) is 11.5 Å². The number of amides is 2. The van der Waals surface area contributed by atoms with Gasteiger partial charge in [-0.1, -0.05) is 29.8 Å². The first kappa shape index (κ1) is 24.9. The Balaban J connectivity index is 1.63. The van der Waals surface area contributed by atoms with Crippen LogP contribution in [-0.4, -0.2) is 31.1 Å². The Morgan fingerprint density at radius 1 is 1.00 bits per heavy atom. The minimum absolute atomic E-state index is 0.209. The predicted molar refractivity (Wildman–Crippen MR) is 133 cm³/mol. The maximum atomic E-state index is 12.4. The number of methoxy groups -OCH3 is 1. The number of nitrogens with zero attached hydrogens (tertiary/aromatic N) is 1. The second-order valence-corrected chi connectivity index (χ2v) is 8.11. The van der Waals surface area contributed by atoms with Crippen molar-refractivity contribution < 1.29 is 23.9 Å². The second kappa shape index (κ2) is 11.4. The topological polar surface area (TPSA) is 106 Å². The fraction of sp³-hybridized carbons (Fsp3) is 0.0833. The van der Waals surface area contributed by atoms with Crippen LogP contribution < -0.4 is 20.2 Å². The molecule has 3 aromatic carbocycles. The highest BCUT2D eigenvalue weighted by Gasteiger charge is 2.16. The van der Waals surface area contributed by atoms with Crippen LogP contribution in [0.5, 0.6) is 11.5 Å². The Hall–Kier alpha value is -3.69. The zero-order valence-corrected chi connectivity index (χ0v) is 20.4. The number of carbonyl (C=O) groups excluding carboxylic acids is 3. The van der Waals surface area contributed by atoms with E-state index in [2.05, 4.69) is 31.8 Å². The lowest BCUT2D eigenvalue weighted by Crippen LogP contribution is -2.32. The summed E-state index contributed by atoms with van der Waals surface area (Å²) >= 11 is 9.33. The molecule has 0 unspecified atom stereocenters. The van der Waals surface area contributed by atoms with Gasteiger partial charge in [-0.2, -0.15) is 5.10 Å². The lowest BCUT2D eigenvalue weighted by Gasteiger charge is -2.10. The van der Waals surface area contributed by atoms with Gasteiger partial charge >= 0.3 is 17.8 Å². The maximum absolute atomic E-state index is 12.4. The molecule has 0 bridgehead atoms. The van der Waals surface area contributed by atoms with Crippen molar-refractivity contribution in [3.8, 4) is 11.5 Å². The summed E-state index contributed by atoms with van der Waals surface area (Å²) in [6.45, 7) is 1.72. The minimum Gasteiger partial charge on any atom is -0.493 e. The van der Waals surface area contributed by atoms with Crippen LogP contribution in [0.25, 0.3) is 0 Å². The van der Waals surface area contributed by atoms with Crippen molar-refractivity contribution in [2.45, 2.75) is 6.92 Å². The van der Waals surface area contributed by atoms with Crippen LogP contribution in [0.2, 0.25) is 5.02 Å². The van der Waals surface area contributed by atoms with Gasteiger partial charge in [-0.05, 0) is 76.4 Å². The summed E-state index contributed by atoms with van der Waals surface area (Å²) in [5.41, 5.74) is 4.11. The maximum Gasteiger partial charge on any atom is 0.344 e. The summed E-state index contributed by atoms with van der Waals surface area (Å²) in [7, 11) is 1.43. The molecule has 10 heteroatoms. The highest BCUT2D eigenvalue weighted by Crippen LogP contribution is 2.29. The monoisotopic (exact) mass is 543 g/mol. The van der Waals surface area contributed by atoms with E-state index in [0.717, 1.165) is 0 Å². The Kier molecular flexibility index (Phi) is 8.39. The fourth-order valence-electron chi connectivity index (χ4n) is 2.77. The minimum atomic E-state index is -0.957. The number of rotatable bonds is 6. The average molecular weight is 545 g/mol. The van der Waals surface area contributed by atoms with Gasteiger partial charge in [0.05, 0.1) is 18.9 Å². The van der Waals surface area contributed by atoms with Crippen molar-refractivity contribution in [2.24, 2.45) is 5.10 Å². The molecule has 3 rings (SSSR count). The first-order valence-corrected chi connectivity index (χ1v) is 11.0. The smallest absolute Gasteiger partial charge is 0.344 e. The normalized spacial score (nSPS) is 10.6. The molecule has 2 N–H and O–H groups in total. The third-order valence-corrected chi connectivity index (χ3v) is 5.69. The lowest BCUT2D eigenvalue weighted by atomic mass is 10.2. The van der Waals surface area contributed by atoms with Crippen LogP contribution in [0.3, 0.4) is 0 Å². The molecule has 0 aromatic heterocycles. The highest BCUT2D eigenvalue weighted by molar-refractivity contribution is 9.10. The summed E-state index contributed by atoms with van der Waals surface area (Å²) in [6.07, 6.45) is 1.32. The van der Waals surface area contributed by atoms with Crippen molar-refractivity contribution in [1.82, 2.24) is 5.43 Å². The van der Waals surface area contributed by atoms with Crippen LogP contribution in [0.4, 0.5) is 5.69 Å². The number of anilines is 1. The number of ether oxygens (including phenoxy) is 2. The summed E-state index contributed by atoms with van der Waals surface area (Å²) in [5, 5.41) is 6.74. The average Bonchev–Trinajstić information content (AvgIpc) is 2.82. The molecule has 0 aliphatic rings. The number of hydrogen-bond acceptors (Lipinski definition) is 6. The molecule has 0 heterocycles. The summed E-state index contributed by atoms with van der Waals surface area (Å²) in [6, 6.07) is 16.6. The largest absolute Gasteiger partial charge is 0.493 e. The molecule has 0 spiro atoms. The molecular weight excluding hydrogens is 526 g/mol. The second-order valence-electron chi connectivity index (χ2n) is 6.85. The lowest BCUT2D eigenvalue weighted by molar-refractivity contribution is -0.136. The molecule has 174 valence electrons. The molecule has 0 radical (unpaired) electrons. The molecule has 0 aliphatic carbocycles. The standard InChI is InChI=1S/C24H19BrClN3O5/c1-14-18(26)8-5-9-19(14)28-22(30)23(31)29-27-13-15-10-11-20(21(12-15)33-2)34-24(32)16-6-3-4-7-17(16)25/h3-13H,1-2H3,(H,28,30)(H,29,31)/b27-13+. The molecule has 2 amide bonds. The van der Waals surface area contributed by atoms with E-state index < -0.39 is 17.8 Å². The Labute approximate surface area is 209 Å². The molecule has 0 saturated carbocycles. The Morgan fingerprint density at radius 3 is 2.50 bits per heavy atom. The van der Waals surface area contributed by atoms with Gasteiger partial charge in [-0.15, -0.1) is 0 Å². The number of esters is 1. The molecule has 0 aliphatic heterocycles. The van der Waals surface area contributed by atoms with Gasteiger partial charge in [0.25, 0.3) is 0 Å². The number of hydrogen-bond donors (Lipinski definition) is 2. The number of carbonyl (C=O) groups is 3. The molecule has 0 fully saturated rings. The van der Waals surface area contributed by atoms with E-state index in [-0.39, 0.29) is 11.5 Å². The van der Waals surface area contributed by atoms with Crippen LogP contribution in [-0.2, 0) is 9.59 Å². The van der Waals surface area contributed by atoms with E-state index in [1.54, 1.807) is 61.5 Å². The van der Waals surface area contributed by atoms with E-state index in [1.165, 1.54) is 19.4 Å². The van der Waals surface area contributed by atoms with Gasteiger partial charge in [-0.25, -0.2) is 10.2 Å². The predicted octanol–water partition coefficient (Wildman–Crippen LogP) is 4.73. The molecule has 3 aromatic rings. The third-order valence-electron chi connectivity index (χ3n) is 4.59. The van der Waals surface area contributed by atoms with Crippen molar-refractivity contribution in [2.75, 3.05) is 12.4 Å². The quantitative estimate of drug-likeness (QED) is 0.153. The van der Waals surface area contributed by atoms with E-state index in [9.17, 15) is 14.4 Å². The van der Waals surface area contributed by atoms with Crippen molar-refractivity contribution in [1.29, 1.82) is 0 Å². The van der Waals surface area contributed by atoms with Gasteiger partial charge in [-0.3, -0.25) is 9.59 Å². The van der Waals surface area contributed by atoms with E-state index in [1.807, 2.05) is 0 Å². The third kappa shape index (κ3) is 6.21. The zero-order chi connectivity index (χ0) is 24.7. The molecule has 34 heavy (non-hydrogen) atoms. The van der Waals surface area contributed by atoms with Crippen LogP contribution in [0, 0.1) is 6.92 Å². The van der Waals surface area contributed by atoms with Gasteiger partial charge < -0.3 is 14.8 Å². The van der Waals surface area contributed by atoms with E-state index in [4.69, 9.17) is 21.1 Å². The summed E-state index contributed by atoms with van der Waals surface area (Å²) in [4.78, 5) is 36.6. The number of hydrazone groups is 1.